The average molecular weight is 420 g/mol. The number of nitrogens with zero attached hydrogens (tertiary/aromatic N) is 3. The molecule has 0 spiro atoms. The lowest BCUT2D eigenvalue weighted by molar-refractivity contribution is 0.0563. The number of rotatable bonds is 2. The highest BCUT2D eigenvalue weighted by molar-refractivity contribution is 5.92. The van der Waals surface area contributed by atoms with Crippen LogP contribution in [-0.2, 0) is 31.2 Å². The van der Waals surface area contributed by atoms with Gasteiger partial charge in [-0.1, -0.05) is 43.3 Å². The molecule has 0 aliphatic carbocycles. The summed E-state index contributed by atoms with van der Waals surface area (Å²) in [4.78, 5) is 15.0. The predicted molar refractivity (Wildman–Crippen MR) is 119 cm³/mol. The Kier molecular flexibility index (Phi) is 6.67. The Morgan fingerprint density at radius 1 is 1.06 bits per heavy atom. The first-order chi connectivity index (χ1) is 15.1. The summed E-state index contributed by atoms with van der Waals surface area (Å²) in [7, 11) is 1.79. The smallest absolute Gasteiger partial charge is 0.272 e. The summed E-state index contributed by atoms with van der Waals surface area (Å²) in [6.07, 6.45) is 3.42. The fourth-order valence-corrected chi connectivity index (χ4v) is 3.90. The van der Waals surface area contributed by atoms with Crippen LogP contribution in [0.1, 0.15) is 39.7 Å². The van der Waals surface area contributed by atoms with Crippen LogP contribution in [-0.4, -0.2) is 47.0 Å². The first kappa shape index (κ1) is 21.1. The molecule has 1 aliphatic rings. The Bertz CT molecular complexity index is 1040. The molecule has 2 heterocycles. The maximum absolute atomic E-state index is 13.1. The van der Waals surface area contributed by atoms with E-state index in [2.05, 4.69) is 54.5 Å². The van der Waals surface area contributed by atoms with E-state index in [1.165, 1.54) is 16.7 Å². The summed E-state index contributed by atoms with van der Waals surface area (Å²) < 4.78 is 13.4. The van der Waals surface area contributed by atoms with Gasteiger partial charge in [0.2, 0.25) is 0 Å². The van der Waals surface area contributed by atoms with Crippen molar-refractivity contribution in [2.45, 2.75) is 26.3 Å². The number of hydrogen-bond donors (Lipinski definition) is 0. The van der Waals surface area contributed by atoms with Crippen molar-refractivity contribution in [2.24, 2.45) is 7.05 Å². The molecule has 0 unspecified atom stereocenters. The first-order valence-electron chi connectivity index (χ1n) is 10.8. The zero-order valence-corrected chi connectivity index (χ0v) is 18.2. The maximum atomic E-state index is 13.1. The zero-order chi connectivity index (χ0) is 21.6. The molecular weight excluding hydrogens is 390 g/mol. The molecule has 2 bridgehead atoms. The average Bonchev–Trinajstić information content (AvgIpc) is 3.21. The summed E-state index contributed by atoms with van der Waals surface area (Å²) in [6.45, 7) is 4.61. The Hall–Kier alpha value is -3.12. The topological polar surface area (TPSA) is 56.6 Å². The molecular formula is C25H29N3O3. The Morgan fingerprint density at radius 2 is 1.94 bits per heavy atom. The van der Waals surface area contributed by atoms with E-state index < -0.39 is 0 Å². The monoisotopic (exact) mass is 419 g/mol. The van der Waals surface area contributed by atoms with Gasteiger partial charge >= 0.3 is 0 Å². The fourth-order valence-electron chi connectivity index (χ4n) is 3.90. The van der Waals surface area contributed by atoms with Crippen LogP contribution in [0.4, 0.5) is 0 Å². The molecule has 0 saturated carbocycles. The first-order valence-corrected chi connectivity index (χ1v) is 10.8. The third-order valence-electron chi connectivity index (χ3n) is 5.61. The van der Waals surface area contributed by atoms with Crippen molar-refractivity contribution in [3.05, 3.63) is 82.7 Å². The number of benzene rings is 2. The number of aromatic nitrogens is 2. The number of carbonyl (C=O) groups excluding carboxylic acids is 1. The van der Waals surface area contributed by atoms with Crippen LogP contribution in [0.25, 0.3) is 0 Å². The lowest BCUT2D eigenvalue weighted by Crippen LogP contribution is -2.35. The third kappa shape index (κ3) is 5.14. The molecule has 0 N–H and O–H groups in total. The molecule has 3 aromatic rings. The van der Waals surface area contributed by atoms with Gasteiger partial charge in [-0.15, -0.1) is 0 Å². The Labute approximate surface area is 183 Å². The van der Waals surface area contributed by atoms with Crippen LogP contribution in [0.3, 0.4) is 0 Å². The third-order valence-corrected chi connectivity index (χ3v) is 5.61. The number of fused-ring (bicyclic) bond motifs is 3. The summed E-state index contributed by atoms with van der Waals surface area (Å²) >= 11 is 0. The van der Waals surface area contributed by atoms with E-state index in [4.69, 9.17) is 9.47 Å². The number of hydrogen-bond acceptors (Lipinski definition) is 4. The van der Waals surface area contributed by atoms with Crippen LogP contribution in [0, 0.1) is 0 Å². The van der Waals surface area contributed by atoms with Gasteiger partial charge in [-0.2, -0.15) is 5.10 Å². The fraction of sp³-hybridized carbons (Fsp3) is 0.360. The van der Waals surface area contributed by atoms with Gasteiger partial charge in [-0.05, 0) is 40.8 Å². The second kappa shape index (κ2) is 9.79. The second-order valence-electron chi connectivity index (χ2n) is 7.82. The van der Waals surface area contributed by atoms with Crippen molar-refractivity contribution < 1.29 is 14.3 Å². The second-order valence-corrected chi connectivity index (χ2v) is 7.82. The van der Waals surface area contributed by atoms with E-state index in [-0.39, 0.29) is 5.91 Å². The van der Waals surface area contributed by atoms with Gasteiger partial charge in [0, 0.05) is 32.8 Å². The molecule has 1 amide bonds. The van der Waals surface area contributed by atoms with E-state index in [0.717, 1.165) is 24.2 Å². The number of aryl methyl sites for hydroxylation is 2. The van der Waals surface area contributed by atoms with Gasteiger partial charge in [0.05, 0.1) is 13.2 Å². The van der Waals surface area contributed by atoms with E-state index >= 15 is 0 Å². The SMILES string of the molecule is CCc1ccc2c(c1)Cc1cccc(c1)CN(C(=O)c1ccnn1C)CCOCCO2. The molecule has 1 aliphatic heterocycles. The summed E-state index contributed by atoms with van der Waals surface area (Å²) in [5, 5.41) is 4.14. The number of amides is 1. The summed E-state index contributed by atoms with van der Waals surface area (Å²) in [6, 6.07) is 16.6. The van der Waals surface area contributed by atoms with E-state index in [9.17, 15) is 4.79 Å². The Balaban J connectivity index is 1.63. The van der Waals surface area contributed by atoms with Crippen molar-refractivity contribution in [3.63, 3.8) is 0 Å². The molecule has 2 aromatic carbocycles. The standard InChI is InChI=1S/C25H29N3O3/c1-3-19-7-8-24-22(16-19)17-20-5-4-6-21(15-20)18-28(11-12-30-13-14-31-24)25(29)23-9-10-26-27(23)2/h4-10,15-16H,3,11-14,17-18H2,1-2H3. The van der Waals surface area contributed by atoms with Gasteiger partial charge in [-0.25, -0.2) is 0 Å². The van der Waals surface area contributed by atoms with Crippen LogP contribution in [0.15, 0.2) is 54.7 Å². The number of carbonyl (C=O) groups is 1. The highest BCUT2D eigenvalue weighted by Crippen LogP contribution is 2.25. The summed E-state index contributed by atoms with van der Waals surface area (Å²) in [5.41, 5.74) is 5.35. The lowest BCUT2D eigenvalue weighted by atomic mass is 9.99. The summed E-state index contributed by atoms with van der Waals surface area (Å²) in [5.74, 6) is 0.867. The van der Waals surface area contributed by atoms with Gasteiger partial charge < -0.3 is 14.4 Å². The molecule has 6 nitrogen and oxygen atoms in total. The largest absolute Gasteiger partial charge is 0.491 e. The lowest BCUT2D eigenvalue weighted by Gasteiger charge is -2.24. The minimum Gasteiger partial charge on any atom is -0.491 e. The van der Waals surface area contributed by atoms with Crippen molar-refractivity contribution >= 4 is 5.91 Å². The van der Waals surface area contributed by atoms with Crippen LogP contribution in [0.2, 0.25) is 0 Å². The molecule has 0 atom stereocenters. The van der Waals surface area contributed by atoms with Crippen molar-refractivity contribution in [1.29, 1.82) is 0 Å². The van der Waals surface area contributed by atoms with E-state index in [1.54, 1.807) is 24.0 Å². The highest BCUT2D eigenvalue weighted by atomic mass is 16.5. The number of ether oxygens (including phenoxy) is 2. The van der Waals surface area contributed by atoms with Crippen LogP contribution in [0.5, 0.6) is 5.75 Å². The molecule has 0 radical (unpaired) electrons. The molecule has 4 rings (SSSR count). The maximum Gasteiger partial charge on any atom is 0.272 e. The van der Waals surface area contributed by atoms with Crippen molar-refractivity contribution in [2.75, 3.05) is 26.4 Å². The van der Waals surface area contributed by atoms with Gasteiger partial charge in [-0.3, -0.25) is 9.48 Å². The van der Waals surface area contributed by atoms with Crippen molar-refractivity contribution in [1.82, 2.24) is 14.7 Å². The minimum absolute atomic E-state index is 0.0460. The van der Waals surface area contributed by atoms with E-state index in [0.29, 0.717) is 38.6 Å². The van der Waals surface area contributed by atoms with E-state index in [1.807, 2.05) is 4.90 Å². The normalized spacial score (nSPS) is 15.0. The quantitative estimate of drug-likeness (QED) is 0.637. The zero-order valence-electron chi connectivity index (χ0n) is 18.2. The van der Waals surface area contributed by atoms with Crippen molar-refractivity contribution in [3.8, 4) is 5.75 Å². The van der Waals surface area contributed by atoms with Gasteiger partial charge in [0.25, 0.3) is 5.91 Å². The molecule has 31 heavy (non-hydrogen) atoms. The molecule has 0 saturated heterocycles. The minimum atomic E-state index is -0.0460. The predicted octanol–water partition coefficient (Wildman–Crippen LogP) is 3.62. The molecule has 0 fully saturated rings. The van der Waals surface area contributed by atoms with Crippen LogP contribution >= 0.6 is 0 Å². The Morgan fingerprint density at radius 3 is 2.74 bits per heavy atom. The molecule has 162 valence electrons. The molecule has 6 heteroatoms. The van der Waals surface area contributed by atoms with Gasteiger partial charge in [0.1, 0.15) is 18.1 Å². The highest BCUT2D eigenvalue weighted by Gasteiger charge is 2.19. The molecule has 1 aromatic heterocycles. The van der Waals surface area contributed by atoms with Gasteiger partial charge in [0.15, 0.2) is 0 Å². The van der Waals surface area contributed by atoms with Crippen LogP contribution < -0.4 is 4.74 Å².